The van der Waals surface area contributed by atoms with E-state index >= 15 is 0 Å². The fourth-order valence-corrected chi connectivity index (χ4v) is 2.67. The van der Waals surface area contributed by atoms with Gasteiger partial charge in [0, 0.05) is 5.56 Å². The van der Waals surface area contributed by atoms with E-state index in [2.05, 4.69) is 17.4 Å². The molecule has 0 aliphatic carbocycles. The average Bonchev–Trinajstić information content (AvgIpc) is 2.92. The molecule has 4 heteroatoms. The largest absolute Gasteiger partial charge is 0.350 e. The summed E-state index contributed by atoms with van der Waals surface area (Å²) in [4.78, 5) is 11.3. The van der Waals surface area contributed by atoms with E-state index < -0.39 is 0 Å². The molecule has 2 aromatic rings. The van der Waals surface area contributed by atoms with Crippen molar-refractivity contribution in [2.45, 2.75) is 25.6 Å². The molecule has 1 fully saturated rings. The van der Waals surface area contributed by atoms with Crippen LogP contribution in [0.4, 0.5) is 0 Å². The van der Waals surface area contributed by atoms with Crippen molar-refractivity contribution >= 4 is 0 Å². The third-order valence-electron chi connectivity index (χ3n) is 3.83. The SMILES string of the molecule is Cc1ccc([C@@H]2OC[C@H](Cc3ccccc3)N2N=O)cc1. The first-order valence-corrected chi connectivity index (χ1v) is 7.11. The van der Waals surface area contributed by atoms with Crippen LogP contribution in [0, 0.1) is 11.8 Å². The summed E-state index contributed by atoms with van der Waals surface area (Å²) in [5, 5.41) is 4.74. The molecule has 0 N–H and O–H groups in total. The van der Waals surface area contributed by atoms with Gasteiger partial charge in [-0.15, -0.1) is 4.91 Å². The van der Waals surface area contributed by atoms with Gasteiger partial charge in [-0.25, -0.2) is 5.01 Å². The van der Waals surface area contributed by atoms with Crippen molar-refractivity contribution < 1.29 is 4.74 Å². The van der Waals surface area contributed by atoms with E-state index in [1.165, 1.54) is 16.1 Å². The number of benzene rings is 2. The zero-order chi connectivity index (χ0) is 14.7. The first kappa shape index (κ1) is 13.8. The first-order chi connectivity index (χ1) is 10.3. The van der Waals surface area contributed by atoms with E-state index in [-0.39, 0.29) is 12.3 Å². The normalized spacial score (nSPS) is 21.5. The highest BCUT2D eigenvalue weighted by molar-refractivity contribution is 5.24. The van der Waals surface area contributed by atoms with Crippen molar-refractivity contribution in [3.8, 4) is 0 Å². The molecule has 2 atom stereocenters. The number of rotatable bonds is 4. The Bertz CT molecular complexity index is 598. The van der Waals surface area contributed by atoms with Gasteiger partial charge in [0.1, 0.15) is 0 Å². The van der Waals surface area contributed by atoms with Gasteiger partial charge in [-0.1, -0.05) is 60.2 Å². The molecule has 0 saturated carbocycles. The van der Waals surface area contributed by atoms with E-state index in [9.17, 15) is 4.91 Å². The van der Waals surface area contributed by atoms with E-state index in [0.29, 0.717) is 6.61 Å². The molecule has 2 aromatic carbocycles. The molecular weight excluding hydrogens is 264 g/mol. The van der Waals surface area contributed by atoms with Crippen LogP contribution in [0.1, 0.15) is 22.9 Å². The lowest BCUT2D eigenvalue weighted by Crippen LogP contribution is -2.29. The Morgan fingerprint density at radius 3 is 2.52 bits per heavy atom. The monoisotopic (exact) mass is 282 g/mol. The minimum atomic E-state index is -0.378. The number of aryl methyl sites for hydroxylation is 1. The van der Waals surface area contributed by atoms with Gasteiger partial charge in [-0.05, 0) is 18.9 Å². The molecule has 21 heavy (non-hydrogen) atoms. The number of nitrogens with zero attached hydrogens (tertiary/aromatic N) is 2. The van der Waals surface area contributed by atoms with Crippen LogP contribution < -0.4 is 0 Å². The van der Waals surface area contributed by atoms with Crippen LogP contribution in [0.2, 0.25) is 0 Å². The van der Waals surface area contributed by atoms with Crippen LogP contribution in [0.5, 0.6) is 0 Å². The van der Waals surface area contributed by atoms with E-state index in [1.54, 1.807) is 0 Å². The average molecular weight is 282 g/mol. The second-order valence-electron chi connectivity index (χ2n) is 5.40. The molecule has 0 radical (unpaired) electrons. The molecule has 1 aliphatic heterocycles. The van der Waals surface area contributed by atoms with E-state index in [4.69, 9.17) is 4.74 Å². The van der Waals surface area contributed by atoms with Crippen LogP contribution >= 0.6 is 0 Å². The highest BCUT2D eigenvalue weighted by Gasteiger charge is 2.35. The van der Waals surface area contributed by atoms with Gasteiger partial charge in [0.05, 0.1) is 17.9 Å². The highest BCUT2D eigenvalue weighted by Crippen LogP contribution is 2.32. The van der Waals surface area contributed by atoms with Crippen LogP contribution in [0.3, 0.4) is 0 Å². The molecule has 0 amide bonds. The summed E-state index contributed by atoms with van der Waals surface area (Å²) in [5.41, 5.74) is 3.34. The quantitative estimate of drug-likeness (QED) is 0.804. The summed E-state index contributed by atoms with van der Waals surface area (Å²) < 4.78 is 5.80. The molecule has 1 saturated heterocycles. The highest BCUT2D eigenvalue weighted by atomic mass is 16.5. The van der Waals surface area contributed by atoms with Gasteiger partial charge in [-0.3, -0.25) is 0 Å². The van der Waals surface area contributed by atoms with Crippen molar-refractivity contribution in [3.63, 3.8) is 0 Å². The van der Waals surface area contributed by atoms with Crippen LogP contribution in [0.25, 0.3) is 0 Å². The fraction of sp³-hybridized carbons (Fsp3) is 0.294. The lowest BCUT2D eigenvalue weighted by Gasteiger charge is -2.22. The van der Waals surface area contributed by atoms with E-state index in [1.807, 2.05) is 49.4 Å². The van der Waals surface area contributed by atoms with Crippen LogP contribution in [-0.2, 0) is 11.2 Å². The lowest BCUT2D eigenvalue weighted by molar-refractivity contribution is 0.0295. The maximum Gasteiger partial charge on any atom is 0.175 e. The summed E-state index contributed by atoms with van der Waals surface area (Å²) >= 11 is 0. The van der Waals surface area contributed by atoms with Crippen molar-refractivity contribution in [3.05, 3.63) is 76.2 Å². The van der Waals surface area contributed by atoms with Gasteiger partial charge in [0.15, 0.2) is 6.23 Å². The third-order valence-corrected chi connectivity index (χ3v) is 3.83. The predicted molar refractivity (Wildman–Crippen MR) is 81.4 cm³/mol. The maximum atomic E-state index is 11.3. The van der Waals surface area contributed by atoms with Crippen LogP contribution in [-0.4, -0.2) is 17.7 Å². The molecule has 4 nitrogen and oxygen atoms in total. The number of hydrogen-bond acceptors (Lipinski definition) is 3. The second-order valence-corrected chi connectivity index (χ2v) is 5.40. The Hall–Kier alpha value is -2.20. The minimum absolute atomic E-state index is 0.0174. The Morgan fingerprint density at radius 2 is 1.86 bits per heavy atom. The number of nitroso groups, excluding NO2 is 1. The standard InChI is InChI=1S/C17H18N2O2/c1-13-7-9-15(10-8-13)17-19(18-20)16(12-21-17)11-14-5-3-2-4-6-14/h2-10,16-17H,11-12H2,1H3/t16-,17-/m0/s1. The molecule has 0 unspecified atom stereocenters. The summed E-state index contributed by atoms with van der Waals surface area (Å²) in [6, 6.07) is 18.1. The Labute approximate surface area is 124 Å². The van der Waals surface area contributed by atoms with Gasteiger partial charge < -0.3 is 4.74 Å². The zero-order valence-electron chi connectivity index (χ0n) is 12.0. The van der Waals surface area contributed by atoms with Crippen molar-refractivity contribution in [2.75, 3.05) is 6.61 Å². The lowest BCUT2D eigenvalue weighted by atomic mass is 10.1. The molecule has 1 heterocycles. The van der Waals surface area contributed by atoms with Gasteiger partial charge in [0.25, 0.3) is 0 Å². The fourth-order valence-electron chi connectivity index (χ4n) is 2.67. The van der Waals surface area contributed by atoms with Crippen molar-refractivity contribution in [1.29, 1.82) is 0 Å². The smallest absolute Gasteiger partial charge is 0.175 e. The Morgan fingerprint density at radius 1 is 1.14 bits per heavy atom. The topological polar surface area (TPSA) is 41.9 Å². The van der Waals surface area contributed by atoms with Gasteiger partial charge >= 0.3 is 0 Å². The summed E-state index contributed by atoms with van der Waals surface area (Å²) in [7, 11) is 0. The summed E-state index contributed by atoms with van der Waals surface area (Å²) in [5.74, 6) is 0. The van der Waals surface area contributed by atoms with Crippen molar-refractivity contribution in [2.24, 2.45) is 5.29 Å². The molecule has 0 aromatic heterocycles. The second kappa shape index (κ2) is 6.06. The zero-order valence-corrected chi connectivity index (χ0v) is 12.0. The Balaban J connectivity index is 1.76. The predicted octanol–water partition coefficient (Wildman–Crippen LogP) is 3.62. The van der Waals surface area contributed by atoms with Gasteiger partial charge in [-0.2, -0.15) is 0 Å². The number of ether oxygens (including phenoxy) is 1. The summed E-state index contributed by atoms with van der Waals surface area (Å²) in [6.45, 7) is 2.55. The maximum absolute atomic E-state index is 11.3. The molecule has 1 aliphatic rings. The molecule has 108 valence electrons. The third kappa shape index (κ3) is 2.95. The summed E-state index contributed by atoms with van der Waals surface area (Å²) in [6.07, 6.45) is 0.381. The van der Waals surface area contributed by atoms with E-state index in [0.717, 1.165) is 12.0 Å². The number of hydrogen-bond donors (Lipinski definition) is 0. The molecule has 0 bridgehead atoms. The first-order valence-electron chi connectivity index (χ1n) is 7.11. The van der Waals surface area contributed by atoms with Crippen molar-refractivity contribution in [1.82, 2.24) is 5.01 Å². The molecule has 3 rings (SSSR count). The Kier molecular flexibility index (Phi) is 3.97. The minimum Gasteiger partial charge on any atom is -0.350 e. The van der Waals surface area contributed by atoms with Gasteiger partial charge in [0.2, 0.25) is 0 Å². The molecule has 0 spiro atoms. The molecular formula is C17H18N2O2. The van der Waals surface area contributed by atoms with Crippen LogP contribution in [0.15, 0.2) is 59.9 Å².